The summed E-state index contributed by atoms with van der Waals surface area (Å²) in [5.74, 6) is -0.790. The van der Waals surface area contributed by atoms with Gasteiger partial charge in [0.25, 0.3) is 0 Å². The van der Waals surface area contributed by atoms with Gasteiger partial charge in [-0.3, -0.25) is 9.80 Å². The van der Waals surface area contributed by atoms with Crippen LogP contribution in [-0.2, 0) is 22.9 Å². The number of fused-ring (bicyclic) bond motifs is 1. The minimum atomic E-state index is -4.58. The van der Waals surface area contributed by atoms with Crippen LogP contribution in [-0.4, -0.2) is 77.9 Å². The van der Waals surface area contributed by atoms with Crippen molar-refractivity contribution in [2.75, 3.05) is 46.0 Å². The highest BCUT2D eigenvalue weighted by Crippen LogP contribution is 2.59. The molecule has 7 rings (SSSR count). The van der Waals surface area contributed by atoms with E-state index in [1.807, 2.05) is 37.3 Å². The van der Waals surface area contributed by atoms with Gasteiger partial charge in [0, 0.05) is 53.7 Å². The first kappa shape index (κ1) is 34.7. The third-order valence-corrected chi connectivity index (χ3v) is 10.8. The summed E-state index contributed by atoms with van der Waals surface area (Å²) < 4.78 is 53.7. The van der Waals surface area contributed by atoms with Crippen LogP contribution in [0.1, 0.15) is 71.6 Å². The summed E-state index contributed by atoms with van der Waals surface area (Å²) in [6.45, 7) is 7.21. The van der Waals surface area contributed by atoms with E-state index in [1.165, 1.54) is 6.07 Å². The summed E-state index contributed by atoms with van der Waals surface area (Å²) in [6.07, 6.45) is -0.565. The number of ether oxygens (including phenoxy) is 2. The standard InChI is InChI=1S/C39H41ClF3N3O4/c1-2-19-50-31-23-30-33(34(35(31)40)38(13-14-38)26-8-4-3-5-9-26)32(37(47)48)29(36(44-30)25-7-6-10-27(22-25)39(41,42)43)24-45-15-11-28(12-16-45)46-17-20-49-21-18-46/h3-10,22-23,28H,2,11-21,24H2,1H3,(H,47,48). The predicted octanol–water partition coefficient (Wildman–Crippen LogP) is 8.44. The number of carbonyl (C=O) groups is 1. The topological polar surface area (TPSA) is 75.1 Å². The Kier molecular flexibility index (Phi) is 9.82. The second-order valence-electron chi connectivity index (χ2n) is 13.6. The molecule has 3 heterocycles. The molecule has 7 nitrogen and oxygen atoms in total. The van der Waals surface area contributed by atoms with Gasteiger partial charge in [-0.2, -0.15) is 13.2 Å². The first-order valence-corrected chi connectivity index (χ1v) is 17.8. The zero-order valence-corrected chi connectivity index (χ0v) is 28.8. The molecule has 1 saturated carbocycles. The van der Waals surface area contributed by atoms with E-state index in [2.05, 4.69) is 9.80 Å². The quantitative estimate of drug-likeness (QED) is 0.177. The Labute approximate surface area is 295 Å². The Hall–Kier alpha value is -3.70. The Bertz CT molecular complexity index is 1870. The Morgan fingerprint density at radius 2 is 1.76 bits per heavy atom. The van der Waals surface area contributed by atoms with Gasteiger partial charge in [-0.15, -0.1) is 0 Å². The van der Waals surface area contributed by atoms with Crippen LogP contribution in [0.25, 0.3) is 22.2 Å². The van der Waals surface area contributed by atoms with E-state index in [4.69, 9.17) is 26.1 Å². The van der Waals surface area contributed by atoms with Crippen LogP contribution >= 0.6 is 11.6 Å². The van der Waals surface area contributed by atoms with Gasteiger partial charge in [0.2, 0.25) is 0 Å². The molecule has 0 bridgehead atoms. The molecule has 0 radical (unpaired) electrons. The molecule has 4 aromatic rings. The first-order valence-electron chi connectivity index (χ1n) is 17.4. The summed E-state index contributed by atoms with van der Waals surface area (Å²) in [5, 5.41) is 11.9. The Morgan fingerprint density at radius 1 is 1.04 bits per heavy atom. The maximum absolute atomic E-state index is 14.0. The van der Waals surface area contributed by atoms with Gasteiger partial charge >= 0.3 is 12.1 Å². The average Bonchev–Trinajstić information content (AvgIpc) is 3.93. The maximum atomic E-state index is 14.0. The third kappa shape index (κ3) is 6.70. The molecule has 2 saturated heterocycles. The number of pyridine rings is 1. The lowest BCUT2D eigenvalue weighted by molar-refractivity contribution is -0.137. The monoisotopic (exact) mass is 707 g/mol. The first-order chi connectivity index (χ1) is 24.1. The van der Waals surface area contributed by atoms with Crippen molar-refractivity contribution in [2.24, 2.45) is 0 Å². The van der Waals surface area contributed by atoms with Crippen LogP contribution < -0.4 is 4.74 Å². The summed E-state index contributed by atoms with van der Waals surface area (Å²) >= 11 is 7.24. The number of benzene rings is 3. The minimum Gasteiger partial charge on any atom is -0.492 e. The minimum absolute atomic E-state index is 0.0267. The van der Waals surface area contributed by atoms with E-state index < -0.39 is 23.1 Å². The molecule has 0 atom stereocenters. The van der Waals surface area contributed by atoms with Gasteiger partial charge in [-0.25, -0.2) is 9.78 Å². The summed E-state index contributed by atoms with van der Waals surface area (Å²) in [5.41, 5.74) is 1.46. The van der Waals surface area contributed by atoms with Gasteiger partial charge in [-0.1, -0.05) is 61.0 Å². The number of rotatable bonds is 10. The number of morpholine rings is 1. The SMILES string of the molecule is CCCOc1cc2nc(-c3cccc(C(F)(F)F)c3)c(CN3CCC(N4CCOCC4)CC3)c(C(=O)O)c2c(C2(c3ccccc3)CC2)c1Cl. The molecule has 0 unspecified atom stereocenters. The van der Waals surface area contributed by atoms with Gasteiger partial charge in [-0.05, 0) is 68.5 Å². The fourth-order valence-electron chi connectivity index (χ4n) is 7.83. The molecule has 0 amide bonds. The molecule has 264 valence electrons. The van der Waals surface area contributed by atoms with Gasteiger partial charge in [0.1, 0.15) is 5.75 Å². The van der Waals surface area contributed by atoms with E-state index in [-0.39, 0.29) is 23.4 Å². The number of alkyl halides is 3. The lowest BCUT2D eigenvalue weighted by atomic mass is 9.82. The number of piperidine rings is 1. The van der Waals surface area contributed by atoms with Crippen LogP contribution in [0.15, 0.2) is 60.7 Å². The fourth-order valence-corrected chi connectivity index (χ4v) is 8.22. The van der Waals surface area contributed by atoms with E-state index in [1.54, 1.807) is 12.1 Å². The van der Waals surface area contributed by atoms with Crippen LogP contribution in [0, 0.1) is 0 Å². The zero-order valence-electron chi connectivity index (χ0n) is 28.1. The highest BCUT2D eigenvalue weighted by atomic mass is 35.5. The molecular weight excluding hydrogens is 667 g/mol. The summed E-state index contributed by atoms with van der Waals surface area (Å²) in [7, 11) is 0. The molecule has 1 aromatic heterocycles. The maximum Gasteiger partial charge on any atom is 0.416 e. The molecule has 3 fully saturated rings. The van der Waals surface area contributed by atoms with Crippen molar-refractivity contribution in [2.45, 2.75) is 63.2 Å². The second kappa shape index (κ2) is 14.1. The lowest BCUT2D eigenvalue weighted by Gasteiger charge is -2.40. The molecule has 11 heteroatoms. The fraction of sp³-hybridized carbons (Fsp3) is 0.436. The third-order valence-electron chi connectivity index (χ3n) is 10.5. The van der Waals surface area contributed by atoms with Crippen molar-refractivity contribution in [3.63, 3.8) is 0 Å². The van der Waals surface area contributed by atoms with E-state index >= 15 is 0 Å². The number of hydrogen-bond acceptors (Lipinski definition) is 6. The molecular formula is C39H41ClF3N3O4. The van der Waals surface area contributed by atoms with E-state index in [0.29, 0.717) is 71.8 Å². The molecule has 0 spiro atoms. The molecule has 2 aliphatic heterocycles. The molecule has 3 aliphatic rings. The van der Waals surface area contributed by atoms with Crippen molar-refractivity contribution < 1.29 is 32.5 Å². The van der Waals surface area contributed by atoms with Crippen molar-refractivity contribution >= 4 is 28.5 Å². The number of carboxylic acids is 1. The highest BCUT2D eigenvalue weighted by Gasteiger charge is 2.50. The number of hydrogen-bond donors (Lipinski definition) is 1. The van der Waals surface area contributed by atoms with Crippen LogP contribution in [0.2, 0.25) is 5.02 Å². The number of carboxylic acid groups (broad SMARTS) is 1. The largest absolute Gasteiger partial charge is 0.492 e. The smallest absolute Gasteiger partial charge is 0.416 e. The van der Waals surface area contributed by atoms with E-state index in [9.17, 15) is 23.1 Å². The molecule has 1 N–H and O–H groups in total. The number of halogens is 4. The van der Waals surface area contributed by atoms with Crippen molar-refractivity contribution in [1.29, 1.82) is 0 Å². The summed E-state index contributed by atoms with van der Waals surface area (Å²) in [6, 6.07) is 17.0. The molecule has 50 heavy (non-hydrogen) atoms. The number of nitrogens with zero attached hydrogens (tertiary/aromatic N) is 3. The van der Waals surface area contributed by atoms with E-state index in [0.717, 1.165) is 62.9 Å². The number of aromatic nitrogens is 1. The molecule has 3 aromatic carbocycles. The normalized spacial score (nSPS) is 18.7. The highest BCUT2D eigenvalue weighted by molar-refractivity contribution is 6.34. The predicted molar refractivity (Wildman–Crippen MR) is 187 cm³/mol. The van der Waals surface area contributed by atoms with Crippen molar-refractivity contribution in [1.82, 2.24) is 14.8 Å². The lowest BCUT2D eigenvalue weighted by Crippen LogP contribution is -2.48. The number of aromatic carboxylic acids is 1. The molecule has 1 aliphatic carbocycles. The van der Waals surface area contributed by atoms with Gasteiger partial charge in [0.15, 0.2) is 0 Å². The zero-order chi connectivity index (χ0) is 35.0. The van der Waals surface area contributed by atoms with Crippen LogP contribution in [0.5, 0.6) is 5.75 Å². The van der Waals surface area contributed by atoms with Crippen LogP contribution in [0.4, 0.5) is 13.2 Å². The average molecular weight is 708 g/mol. The van der Waals surface area contributed by atoms with Crippen molar-refractivity contribution in [3.05, 3.63) is 93.5 Å². The van der Waals surface area contributed by atoms with Gasteiger partial charge in [0.05, 0.1) is 47.2 Å². The number of likely N-dealkylation sites (tertiary alicyclic amines) is 1. The Balaban J connectivity index is 1.43. The van der Waals surface area contributed by atoms with Gasteiger partial charge < -0.3 is 14.6 Å². The van der Waals surface area contributed by atoms with Crippen molar-refractivity contribution in [3.8, 4) is 17.0 Å². The summed E-state index contributed by atoms with van der Waals surface area (Å²) in [4.78, 5) is 23.3. The second-order valence-corrected chi connectivity index (χ2v) is 14.0. The van der Waals surface area contributed by atoms with Crippen LogP contribution in [0.3, 0.4) is 0 Å². The Morgan fingerprint density at radius 3 is 2.40 bits per heavy atom.